The van der Waals surface area contributed by atoms with Crippen LogP contribution in [0.2, 0.25) is 0 Å². The van der Waals surface area contributed by atoms with Crippen LogP contribution in [0.4, 0.5) is 0 Å². The maximum atomic E-state index is 11.7. The first-order valence-corrected chi connectivity index (χ1v) is 10.8. The average molecular weight is 379 g/mol. The van der Waals surface area contributed by atoms with E-state index in [1.54, 1.807) is 0 Å². The van der Waals surface area contributed by atoms with Gasteiger partial charge in [0.05, 0.1) is 0 Å². The summed E-state index contributed by atoms with van der Waals surface area (Å²) >= 11 is 0. The molecule has 3 nitrogen and oxygen atoms in total. The average Bonchev–Trinajstić information content (AvgIpc) is 2.73. The van der Waals surface area contributed by atoms with Crippen LogP contribution in [0, 0.1) is 0 Å². The van der Waals surface area contributed by atoms with E-state index in [0.717, 1.165) is 38.6 Å². The minimum Gasteiger partial charge on any atom is -0.366 e. The number of primary amides is 1. The van der Waals surface area contributed by atoms with Crippen LogP contribution in [0.3, 0.4) is 0 Å². The highest BCUT2D eigenvalue weighted by Gasteiger charge is 2.41. The number of carbonyl (C=O) groups is 1. The molecule has 28 heavy (non-hydrogen) atoms. The Morgan fingerprint density at radius 1 is 1.11 bits per heavy atom. The van der Waals surface area contributed by atoms with Gasteiger partial charge < -0.3 is 11.1 Å². The lowest BCUT2D eigenvalue weighted by molar-refractivity contribution is 0.1000. The summed E-state index contributed by atoms with van der Waals surface area (Å²) < 4.78 is 0. The Hall–Kier alpha value is -2.13. The molecule has 150 valence electrons. The van der Waals surface area contributed by atoms with Crippen molar-refractivity contribution >= 4 is 5.91 Å². The Balaban J connectivity index is 1.66. The third kappa shape index (κ3) is 4.30. The Morgan fingerprint density at radius 2 is 1.86 bits per heavy atom. The van der Waals surface area contributed by atoms with Crippen molar-refractivity contribution in [2.75, 3.05) is 6.54 Å². The summed E-state index contributed by atoms with van der Waals surface area (Å²) in [6, 6.07) is 17.2. The molecule has 1 aliphatic carbocycles. The Kier molecular flexibility index (Phi) is 6.90. The lowest BCUT2D eigenvalue weighted by atomic mass is 9.63. The minimum absolute atomic E-state index is 0.0818. The molecule has 0 aromatic heterocycles. The highest BCUT2D eigenvalue weighted by Crippen LogP contribution is 2.43. The lowest BCUT2D eigenvalue weighted by Crippen LogP contribution is -2.51. The standard InChI is InChI=1S/C25H34N2O/c1-3-25(4-2)22-18-21(24(26)28)14-13-20(22)15-16-23(25)27-17-9-8-12-19-10-6-5-7-11-19/h5-7,10-11,13-14,18,23,27H,3-4,8-9,12,15-17H2,1-2H3,(H2,26,28). The Morgan fingerprint density at radius 3 is 2.54 bits per heavy atom. The molecular formula is C25H34N2O. The largest absolute Gasteiger partial charge is 0.366 e. The van der Waals surface area contributed by atoms with Gasteiger partial charge in [0.2, 0.25) is 5.91 Å². The fourth-order valence-electron chi connectivity index (χ4n) is 4.97. The second kappa shape index (κ2) is 9.38. The predicted molar refractivity (Wildman–Crippen MR) is 117 cm³/mol. The van der Waals surface area contributed by atoms with Gasteiger partial charge >= 0.3 is 0 Å². The molecule has 2 aromatic carbocycles. The van der Waals surface area contributed by atoms with E-state index in [1.807, 2.05) is 6.07 Å². The number of unbranched alkanes of at least 4 members (excludes halogenated alkanes) is 1. The maximum Gasteiger partial charge on any atom is 0.248 e. The van der Waals surface area contributed by atoms with Crippen molar-refractivity contribution in [1.29, 1.82) is 0 Å². The third-order valence-corrected chi connectivity index (χ3v) is 6.69. The molecule has 1 aliphatic rings. The number of aryl methyl sites for hydroxylation is 2. The van der Waals surface area contributed by atoms with Gasteiger partial charge in [-0.2, -0.15) is 0 Å². The fraction of sp³-hybridized carbons (Fsp3) is 0.480. The van der Waals surface area contributed by atoms with Crippen molar-refractivity contribution in [2.45, 2.75) is 70.3 Å². The van der Waals surface area contributed by atoms with Crippen molar-refractivity contribution in [3.63, 3.8) is 0 Å². The second-order valence-corrected chi connectivity index (χ2v) is 8.09. The molecule has 1 atom stereocenters. The molecule has 0 saturated heterocycles. The second-order valence-electron chi connectivity index (χ2n) is 8.09. The van der Waals surface area contributed by atoms with Crippen molar-refractivity contribution in [2.24, 2.45) is 5.73 Å². The van der Waals surface area contributed by atoms with Crippen LogP contribution in [-0.4, -0.2) is 18.5 Å². The number of hydrogen-bond acceptors (Lipinski definition) is 2. The Bertz CT molecular complexity index is 780. The highest BCUT2D eigenvalue weighted by atomic mass is 16.1. The number of benzene rings is 2. The van der Waals surface area contributed by atoms with Crippen molar-refractivity contribution in [3.05, 3.63) is 70.8 Å². The quantitative estimate of drug-likeness (QED) is 0.618. The van der Waals surface area contributed by atoms with E-state index in [2.05, 4.69) is 61.6 Å². The molecule has 3 N–H and O–H groups in total. The summed E-state index contributed by atoms with van der Waals surface area (Å²) in [5, 5.41) is 3.87. The zero-order valence-corrected chi connectivity index (χ0v) is 17.3. The van der Waals surface area contributed by atoms with E-state index < -0.39 is 0 Å². The monoisotopic (exact) mass is 378 g/mol. The molecular weight excluding hydrogens is 344 g/mol. The molecule has 0 fully saturated rings. The van der Waals surface area contributed by atoms with Crippen molar-refractivity contribution in [3.8, 4) is 0 Å². The number of rotatable bonds is 9. The van der Waals surface area contributed by atoms with E-state index in [9.17, 15) is 4.79 Å². The van der Waals surface area contributed by atoms with Gasteiger partial charge in [-0.15, -0.1) is 0 Å². The zero-order valence-electron chi connectivity index (χ0n) is 17.3. The Labute approximate surface area is 169 Å². The molecule has 2 aromatic rings. The minimum atomic E-state index is -0.333. The molecule has 0 bridgehead atoms. The summed E-state index contributed by atoms with van der Waals surface area (Å²) in [6.07, 6.45) is 7.90. The molecule has 1 amide bonds. The van der Waals surface area contributed by atoms with E-state index in [4.69, 9.17) is 5.73 Å². The third-order valence-electron chi connectivity index (χ3n) is 6.69. The molecule has 1 unspecified atom stereocenters. The van der Waals surface area contributed by atoms with E-state index in [-0.39, 0.29) is 11.3 Å². The van der Waals surface area contributed by atoms with Crippen LogP contribution in [0.15, 0.2) is 48.5 Å². The summed E-state index contributed by atoms with van der Waals surface area (Å²) in [5.74, 6) is -0.333. The fourth-order valence-corrected chi connectivity index (χ4v) is 4.97. The van der Waals surface area contributed by atoms with Crippen molar-refractivity contribution < 1.29 is 4.79 Å². The van der Waals surface area contributed by atoms with Crippen LogP contribution in [0.5, 0.6) is 0 Å². The van der Waals surface area contributed by atoms with Crippen LogP contribution in [-0.2, 0) is 18.3 Å². The predicted octanol–water partition coefficient (Wildman–Crippen LogP) is 4.77. The van der Waals surface area contributed by atoms with Crippen LogP contribution < -0.4 is 11.1 Å². The first-order chi connectivity index (χ1) is 13.6. The first kappa shape index (κ1) is 20.6. The summed E-state index contributed by atoms with van der Waals surface area (Å²) in [7, 11) is 0. The number of nitrogens with two attached hydrogens (primary N) is 1. The van der Waals surface area contributed by atoms with Crippen LogP contribution in [0.1, 0.15) is 73.0 Å². The lowest BCUT2D eigenvalue weighted by Gasteiger charge is -2.45. The SMILES string of the molecule is CCC1(CC)c2cc(C(N)=O)ccc2CCC1NCCCCc1ccccc1. The molecule has 3 heteroatoms. The van der Waals surface area contributed by atoms with Crippen LogP contribution >= 0.6 is 0 Å². The van der Waals surface area contributed by atoms with E-state index in [1.165, 1.54) is 29.5 Å². The smallest absolute Gasteiger partial charge is 0.248 e. The highest BCUT2D eigenvalue weighted by molar-refractivity contribution is 5.93. The van der Waals surface area contributed by atoms with Gasteiger partial charge in [-0.3, -0.25) is 4.79 Å². The molecule has 0 radical (unpaired) electrons. The van der Waals surface area contributed by atoms with Crippen LogP contribution in [0.25, 0.3) is 0 Å². The molecule has 3 rings (SSSR count). The number of carbonyl (C=O) groups excluding carboxylic acids is 1. The van der Waals surface area contributed by atoms with E-state index in [0.29, 0.717) is 11.6 Å². The molecule has 0 saturated carbocycles. The van der Waals surface area contributed by atoms with Gasteiger partial charge in [0.1, 0.15) is 0 Å². The first-order valence-electron chi connectivity index (χ1n) is 10.8. The number of hydrogen-bond donors (Lipinski definition) is 2. The van der Waals surface area contributed by atoms with Gasteiger partial charge in [-0.05, 0) is 80.3 Å². The number of nitrogens with one attached hydrogen (secondary N) is 1. The summed E-state index contributed by atoms with van der Waals surface area (Å²) in [6.45, 7) is 5.60. The zero-order chi connectivity index (χ0) is 20.0. The van der Waals surface area contributed by atoms with Crippen molar-refractivity contribution in [1.82, 2.24) is 5.32 Å². The number of amides is 1. The summed E-state index contributed by atoms with van der Waals surface area (Å²) in [4.78, 5) is 11.7. The molecule has 0 heterocycles. The van der Waals surface area contributed by atoms with Gasteiger partial charge in [0.25, 0.3) is 0 Å². The normalized spacial score (nSPS) is 17.9. The van der Waals surface area contributed by atoms with E-state index >= 15 is 0 Å². The van der Waals surface area contributed by atoms with Gasteiger partial charge in [-0.1, -0.05) is 50.2 Å². The van der Waals surface area contributed by atoms with Gasteiger partial charge in [-0.25, -0.2) is 0 Å². The van der Waals surface area contributed by atoms with Gasteiger partial charge in [0.15, 0.2) is 0 Å². The van der Waals surface area contributed by atoms with Gasteiger partial charge in [0, 0.05) is 17.0 Å². The summed E-state index contributed by atoms with van der Waals surface area (Å²) in [5.41, 5.74) is 10.4. The topological polar surface area (TPSA) is 55.1 Å². The molecule has 0 spiro atoms. The molecule has 0 aliphatic heterocycles. The number of fused-ring (bicyclic) bond motifs is 1. The maximum absolute atomic E-state index is 11.7.